The maximum Gasteiger partial charge on any atom is 0.228 e. The first kappa shape index (κ1) is 7.28. The Bertz CT molecular complexity index is 284. The molecule has 3 heteroatoms. The molecule has 1 aliphatic heterocycles. The minimum absolute atomic E-state index is 0.169. The monoisotopic (exact) mass is 161 g/mol. The predicted molar refractivity (Wildman–Crippen MR) is 44.7 cm³/mol. The molecule has 12 heavy (non-hydrogen) atoms. The molecular weight excluding hydrogens is 152 g/mol. The first-order valence-electron chi connectivity index (χ1n) is 4.01. The number of anilines is 1. The first-order valence-corrected chi connectivity index (χ1v) is 4.01. The third kappa shape index (κ3) is 1.18. The Hall–Kier alpha value is -1.38. The zero-order chi connectivity index (χ0) is 8.39. The highest BCUT2D eigenvalue weighted by Gasteiger charge is 2.21. The summed E-state index contributed by atoms with van der Waals surface area (Å²) in [7, 11) is 0. The number of carbonyl (C=O) groups excluding carboxylic acids is 1. The van der Waals surface area contributed by atoms with E-state index >= 15 is 0 Å². The van der Waals surface area contributed by atoms with Gasteiger partial charge in [-0.05, 0) is 18.6 Å². The van der Waals surface area contributed by atoms with Gasteiger partial charge < -0.3 is 0 Å². The van der Waals surface area contributed by atoms with Crippen LogP contribution >= 0.6 is 0 Å². The van der Waals surface area contributed by atoms with Gasteiger partial charge in [0.1, 0.15) is 5.82 Å². The van der Waals surface area contributed by atoms with E-state index in [1.54, 1.807) is 11.0 Å². The van der Waals surface area contributed by atoms with Crippen LogP contribution in [0.3, 0.4) is 0 Å². The number of rotatable bonds is 1. The minimum atomic E-state index is 0.169. The largest absolute Gasteiger partial charge is 0.297 e. The highest BCUT2D eigenvalue weighted by Crippen LogP contribution is 2.17. The molecule has 61 valence electrons. The Morgan fingerprint density at radius 1 is 1.58 bits per heavy atom. The molecule has 1 saturated heterocycles. The molecule has 3 nitrogen and oxygen atoms in total. The van der Waals surface area contributed by atoms with Gasteiger partial charge in [-0.3, -0.25) is 9.69 Å². The van der Waals surface area contributed by atoms with Crippen molar-refractivity contribution in [1.29, 1.82) is 0 Å². The van der Waals surface area contributed by atoms with Crippen molar-refractivity contribution in [2.24, 2.45) is 0 Å². The van der Waals surface area contributed by atoms with Crippen LogP contribution in [0.4, 0.5) is 5.82 Å². The summed E-state index contributed by atoms with van der Waals surface area (Å²) in [4.78, 5) is 16.9. The third-order valence-electron chi connectivity index (χ3n) is 1.95. The van der Waals surface area contributed by atoms with E-state index in [2.05, 4.69) is 11.2 Å². The van der Waals surface area contributed by atoms with E-state index in [0.29, 0.717) is 6.42 Å². The summed E-state index contributed by atoms with van der Waals surface area (Å²) >= 11 is 0. The Balaban J connectivity index is 2.25. The molecule has 1 amide bonds. The van der Waals surface area contributed by atoms with E-state index in [4.69, 9.17) is 0 Å². The Labute approximate surface area is 71.0 Å². The molecule has 2 heterocycles. The maximum atomic E-state index is 11.2. The van der Waals surface area contributed by atoms with Crippen LogP contribution in [-0.2, 0) is 4.79 Å². The topological polar surface area (TPSA) is 33.2 Å². The summed E-state index contributed by atoms with van der Waals surface area (Å²) in [6, 6.07) is 5.40. The zero-order valence-corrected chi connectivity index (χ0v) is 6.66. The Morgan fingerprint density at radius 3 is 3.08 bits per heavy atom. The number of aromatic nitrogens is 1. The van der Waals surface area contributed by atoms with Crippen molar-refractivity contribution in [2.75, 3.05) is 11.4 Å². The van der Waals surface area contributed by atoms with Gasteiger partial charge in [-0.25, -0.2) is 4.98 Å². The second-order valence-electron chi connectivity index (χ2n) is 2.77. The molecule has 1 aromatic heterocycles. The quantitative estimate of drug-likeness (QED) is 0.615. The summed E-state index contributed by atoms with van der Waals surface area (Å²) in [6.45, 7) is 0.795. The number of carbonyl (C=O) groups is 1. The van der Waals surface area contributed by atoms with E-state index in [9.17, 15) is 4.79 Å². The second-order valence-corrected chi connectivity index (χ2v) is 2.77. The van der Waals surface area contributed by atoms with E-state index in [-0.39, 0.29) is 5.91 Å². The van der Waals surface area contributed by atoms with Gasteiger partial charge in [-0.15, -0.1) is 0 Å². The van der Waals surface area contributed by atoms with Crippen LogP contribution in [0.15, 0.2) is 18.2 Å². The predicted octanol–water partition coefficient (Wildman–Crippen LogP) is 1.01. The average Bonchev–Trinajstić information content (AvgIpc) is 2.53. The lowest BCUT2D eigenvalue weighted by Crippen LogP contribution is -2.24. The number of pyridine rings is 1. The lowest BCUT2D eigenvalue weighted by Gasteiger charge is -2.12. The number of amides is 1. The van der Waals surface area contributed by atoms with Crippen molar-refractivity contribution in [3.63, 3.8) is 0 Å². The van der Waals surface area contributed by atoms with Crippen molar-refractivity contribution in [3.8, 4) is 0 Å². The first-order chi connectivity index (χ1) is 5.88. The molecule has 0 bridgehead atoms. The van der Waals surface area contributed by atoms with Crippen LogP contribution < -0.4 is 4.90 Å². The van der Waals surface area contributed by atoms with Gasteiger partial charge in [-0.2, -0.15) is 0 Å². The molecule has 0 unspecified atom stereocenters. The molecule has 0 aliphatic carbocycles. The summed E-state index contributed by atoms with van der Waals surface area (Å²) in [5, 5.41) is 0. The highest BCUT2D eigenvalue weighted by atomic mass is 16.2. The summed E-state index contributed by atoms with van der Waals surface area (Å²) in [5.74, 6) is 0.891. The summed E-state index contributed by atoms with van der Waals surface area (Å²) in [5.41, 5.74) is 0. The molecule has 0 saturated carbocycles. The van der Waals surface area contributed by atoms with Crippen molar-refractivity contribution < 1.29 is 4.79 Å². The fourth-order valence-electron chi connectivity index (χ4n) is 1.36. The van der Waals surface area contributed by atoms with Gasteiger partial charge in [0.2, 0.25) is 5.91 Å². The molecule has 1 aromatic rings. The molecule has 1 aliphatic rings. The smallest absolute Gasteiger partial charge is 0.228 e. The molecule has 1 fully saturated rings. The summed E-state index contributed by atoms with van der Waals surface area (Å²) < 4.78 is 0. The lowest BCUT2D eigenvalue weighted by atomic mass is 10.4. The van der Waals surface area contributed by atoms with E-state index in [1.165, 1.54) is 0 Å². The van der Waals surface area contributed by atoms with Gasteiger partial charge in [0.15, 0.2) is 0 Å². The molecule has 0 spiro atoms. The van der Waals surface area contributed by atoms with Crippen molar-refractivity contribution >= 4 is 11.7 Å². The van der Waals surface area contributed by atoms with Crippen LogP contribution in [0.2, 0.25) is 0 Å². The van der Waals surface area contributed by atoms with Crippen molar-refractivity contribution in [1.82, 2.24) is 4.98 Å². The van der Waals surface area contributed by atoms with E-state index in [1.807, 2.05) is 12.1 Å². The van der Waals surface area contributed by atoms with E-state index in [0.717, 1.165) is 18.8 Å². The Kier molecular flexibility index (Phi) is 1.78. The van der Waals surface area contributed by atoms with Gasteiger partial charge in [0.05, 0.1) is 6.20 Å². The van der Waals surface area contributed by atoms with Gasteiger partial charge in [0, 0.05) is 13.0 Å². The van der Waals surface area contributed by atoms with Crippen LogP contribution in [0.5, 0.6) is 0 Å². The number of hydrogen-bond acceptors (Lipinski definition) is 2. The van der Waals surface area contributed by atoms with Crippen LogP contribution in [0, 0.1) is 6.20 Å². The van der Waals surface area contributed by atoms with Gasteiger partial charge >= 0.3 is 0 Å². The van der Waals surface area contributed by atoms with E-state index < -0.39 is 0 Å². The normalized spacial score (nSPS) is 17.0. The van der Waals surface area contributed by atoms with Gasteiger partial charge in [0.25, 0.3) is 0 Å². The second kappa shape index (κ2) is 2.93. The summed E-state index contributed by atoms with van der Waals surface area (Å²) in [6.07, 6.45) is 4.30. The molecule has 2 rings (SSSR count). The van der Waals surface area contributed by atoms with Crippen molar-refractivity contribution in [2.45, 2.75) is 12.8 Å². The minimum Gasteiger partial charge on any atom is -0.297 e. The maximum absolute atomic E-state index is 11.2. The van der Waals surface area contributed by atoms with Crippen LogP contribution in [0.1, 0.15) is 12.8 Å². The highest BCUT2D eigenvalue weighted by molar-refractivity contribution is 5.94. The SMILES string of the molecule is O=C1CCCN1c1ccc[c]n1. The Morgan fingerprint density at radius 2 is 2.50 bits per heavy atom. The molecule has 0 N–H and O–H groups in total. The zero-order valence-electron chi connectivity index (χ0n) is 6.66. The standard InChI is InChI=1S/C9H9N2O/c12-9-5-3-7-11(9)8-4-1-2-6-10-8/h1-2,4H,3,5,7H2. The van der Waals surface area contributed by atoms with Crippen LogP contribution in [-0.4, -0.2) is 17.4 Å². The van der Waals surface area contributed by atoms with Gasteiger partial charge in [-0.1, -0.05) is 6.07 Å². The average molecular weight is 161 g/mol. The van der Waals surface area contributed by atoms with Crippen LogP contribution in [0.25, 0.3) is 0 Å². The lowest BCUT2D eigenvalue weighted by molar-refractivity contribution is -0.117. The third-order valence-corrected chi connectivity index (χ3v) is 1.95. The molecular formula is C9H9N2O. The number of hydrogen-bond donors (Lipinski definition) is 0. The number of nitrogens with zero attached hydrogens (tertiary/aromatic N) is 2. The fourth-order valence-corrected chi connectivity index (χ4v) is 1.36. The molecule has 0 aromatic carbocycles. The molecule has 0 atom stereocenters. The molecule has 1 radical (unpaired) electrons. The van der Waals surface area contributed by atoms with Crippen molar-refractivity contribution in [3.05, 3.63) is 24.4 Å². The fraction of sp³-hybridized carbons (Fsp3) is 0.333.